The lowest BCUT2D eigenvalue weighted by molar-refractivity contribution is -0.0496. The molecule has 3 rings (SSSR count). The lowest BCUT2D eigenvalue weighted by atomic mass is 9.74. The Balaban J connectivity index is 1.60. The third kappa shape index (κ3) is 4.45. The van der Waals surface area contributed by atoms with E-state index in [0.29, 0.717) is 12.0 Å². The van der Waals surface area contributed by atoms with Gasteiger partial charge in [0.05, 0.1) is 6.10 Å². The highest BCUT2D eigenvalue weighted by molar-refractivity contribution is 6.55. The van der Waals surface area contributed by atoms with Crippen molar-refractivity contribution in [3.63, 3.8) is 0 Å². The van der Waals surface area contributed by atoms with E-state index >= 15 is 0 Å². The Bertz CT molecular complexity index is 345. The van der Waals surface area contributed by atoms with Crippen LogP contribution in [0.25, 0.3) is 0 Å². The molecule has 3 unspecified atom stereocenters. The molecule has 139 valence electrons. The number of ether oxygens (including phenoxy) is 1. The second-order valence-corrected chi connectivity index (χ2v) is 11.7. The molecule has 1 radical (unpaired) electrons. The zero-order chi connectivity index (χ0) is 16.9. The van der Waals surface area contributed by atoms with Crippen molar-refractivity contribution in [2.45, 2.75) is 102 Å². The van der Waals surface area contributed by atoms with Crippen LogP contribution in [0.15, 0.2) is 0 Å². The summed E-state index contributed by atoms with van der Waals surface area (Å²) in [4.78, 5) is 0. The molecule has 24 heavy (non-hydrogen) atoms. The van der Waals surface area contributed by atoms with Crippen LogP contribution < -0.4 is 0 Å². The van der Waals surface area contributed by atoms with Crippen molar-refractivity contribution >= 4 is 9.04 Å². The van der Waals surface area contributed by atoms with Gasteiger partial charge in [-0.15, -0.1) is 0 Å². The quantitative estimate of drug-likeness (QED) is 0.526. The van der Waals surface area contributed by atoms with Gasteiger partial charge in [0.1, 0.15) is 0 Å². The molecule has 0 aromatic rings. The summed E-state index contributed by atoms with van der Waals surface area (Å²) >= 11 is 0. The predicted molar refractivity (Wildman–Crippen MR) is 103 cm³/mol. The third-order valence-corrected chi connectivity index (χ3v) is 10.4. The Morgan fingerprint density at radius 1 is 0.833 bits per heavy atom. The smallest absolute Gasteiger partial charge is 0.217 e. The molecular weight excluding hydrogens is 312 g/mol. The largest absolute Gasteiger partial charge is 0.416 e. The van der Waals surface area contributed by atoms with E-state index in [-0.39, 0.29) is 0 Å². The van der Waals surface area contributed by atoms with Crippen LogP contribution >= 0.6 is 0 Å². The van der Waals surface area contributed by atoms with E-state index in [1.165, 1.54) is 70.6 Å². The number of rotatable bonds is 7. The maximum atomic E-state index is 6.83. The fraction of sp³-hybridized carbons (Fsp3) is 1.00. The van der Waals surface area contributed by atoms with E-state index in [4.69, 9.17) is 9.16 Å². The summed E-state index contributed by atoms with van der Waals surface area (Å²) < 4.78 is 12.8. The third-order valence-electron chi connectivity index (χ3n) is 7.11. The summed E-state index contributed by atoms with van der Waals surface area (Å²) in [5, 5.41) is 0. The first-order valence-electron chi connectivity index (χ1n) is 10.7. The molecule has 0 aromatic carbocycles. The molecule has 0 aliphatic heterocycles. The van der Waals surface area contributed by atoms with E-state index in [2.05, 4.69) is 13.8 Å². The van der Waals surface area contributed by atoms with E-state index in [9.17, 15) is 0 Å². The van der Waals surface area contributed by atoms with Crippen molar-refractivity contribution < 1.29 is 9.16 Å². The van der Waals surface area contributed by atoms with Crippen LogP contribution in [0.2, 0.25) is 11.1 Å². The minimum atomic E-state index is -0.623. The lowest BCUT2D eigenvalue weighted by Gasteiger charge is -2.40. The number of hydrogen-bond donors (Lipinski definition) is 0. The van der Waals surface area contributed by atoms with Gasteiger partial charge in [-0.1, -0.05) is 71.6 Å². The highest BCUT2D eigenvalue weighted by Crippen LogP contribution is 2.44. The normalized spacial score (nSPS) is 33.1. The fourth-order valence-corrected chi connectivity index (χ4v) is 9.24. The van der Waals surface area contributed by atoms with Crippen molar-refractivity contribution in [2.75, 3.05) is 13.7 Å². The predicted octanol–water partition coefficient (Wildman–Crippen LogP) is 5.97. The van der Waals surface area contributed by atoms with E-state index in [1.54, 1.807) is 0 Å². The first-order valence-corrected chi connectivity index (χ1v) is 12.3. The molecule has 3 atom stereocenters. The molecule has 3 heteroatoms. The fourth-order valence-electron chi connectivity index (χ4n) is 5.74. The minimum Gasteiger partial charge on any atom is -0.416 e. The Labute approximate surface area is 151 Å². The Morgan fingerprint density at radius 3 is 1.92 bits per heavy atom. The average molecular weight is 352 g/mol. The maximum absolute atomic E-state index is 6.83. The van der Waals surface area contributed by atoms with Crippen LogP contribution in [0.5, 0.6) is 0 Å². The second-order valence-electron chi connectivity index (χ2n) is 8.98. The summed E-state index contributed by atoms with van der Waals surface area (Å²) in [6.07, 6.45) is 16.1. The van der Waals surface area contributed by atoms with Crippen molar-refractivity contribution in [1.29, 1.82) is 0 Å². The van der Waals surface area contributed by atoms with Crippen LogP contribution in [0, 0.1) is 17.8 Å². The minimum absolute atomic E-state index is 0.425. The van der Waals surface area contributed by atoms with Crippen molar-refractivity contribution in [3.8, 4) is 0 Å². The zero-order valence-corrected chi connectivity index (χ0v) is 17.3. The molecule has 3 fully saturated rings. The second kappa shape index (κ2) is 9.18. The Hall–Kier alpha value is 0.137. The number of hydrogen-bond acceptors (Lipinski definition) is 2. The van der Waals surface area contributed by atoms with Gasteiger partial charge in [0.25, 0.3) is 0 Å². The monoisotopic (exact) mass is 351 g/mol. The highest BCUT2D eigenvalue weighted by Gasteiger charge is 2.39. The average Bonchev–Trinajstić information content (AvgIpc) is 3.28. The molecule has 3 aliphatic carbocycles. The molecule has 0 N–H and O–H groups in total. The summed E-state index contributed by atoms with van der Waals surface area (Å²) in [7, 11) is 1.31. The first kappa shape index (κ1) is 18.9. The molecule has 0 heterocycles. The van der Waals surface area contributed by atoms with Crippen molar-refractivity contribution in [1.82, 2.24) is 0 Å². The molecular formula is C21H39O2Si. The van der Waals surface area contributed by atoms with E-state index < -0.39 is 9.04 Å². The standard InChI is InChI=1S/C21H39O2Si/c1-16(2)20-14-8-9-17(21(20)22-3)15-23-24(18-10-4-5-11-18)19-12-6-7-13-19/h16-21H,4-15H2,1-3H3. The molecule has 0 amide bonds. The van der Waals surface area contributed by atoms with Crippen LogP contribution in [-0.4, -0.2) is 28.9 Å². The van der Waals surface area contributed by atoms with Gasteiger partial charge in [-0.25, -0.2) is 0 Å². The lowest BCUT2D eigenvalue weighted by Crippen LogP contribution is -2.41. The van der Waals surface area contributed by atoms with E-state index in [1.807, 2.05) is 7.11 Å². The van der Waals surface area contributed by atoms with Gasteiger partial charge in [-0.3, -0.25) is 0 Å². The summed E-state index contributed by atoms with van der Waals surface area (Å²) in [5.41, 5.74) is 1.90. The van der Waals surface area contributed by atoms with Gasteiger partial charge in [-0.05, 0) is 35.8 Å². The maximum Gasteiger partial charge on any atom is 0.217 e. The highest BCUT2D eigenvalue weighted by atomic mass is 28.3. The Kier molecular flexibility index (Phi) is 7.24. The molecule has 0 saturated heterocycles. The SMILES string of the molecule is COC1C(CO[Si](C2CCCC2)C2CCCC2)CCCC1C(C)C. The molecule has 3 saturated carbocycles. The van der Waals surface area contributed by atoms with Gasteiger partial charge in [0.2, 0.25) is 9.04 Å². The molecule has 2 nitrogen and oxygen atoms in total. The topological polar surface area (TPSA) is 18.5 Å². The van der Waals surface area contributed by atoms with E-state index in [0.717, 1.165) is 29.5 Å². The molecule has 0 spiro atoms. The first-order chi connectivity index (χ1) is 11.7. The van der Waals surface area contributed by atoms with Crippen LogP contribution in [-0.2, 0) is 9.16 Å². The van der Waals surface area contributed by atoms with Gasteiger partial charge in [-0.2, -0.15) is 0 Å². The van der Waals surface area contributed by atoms with Crippen LogP contribution in [0.3, 0.4) is 0 Å². The summed E-state index contributed by atoms with van der Waals surface area (Å²) in [6, 6.07) is 0. The van der Waals surface area contributed by atoms with Gasteiger partial charge >= 0.3 is 0 Å². The molecule has 3 aliphatic rings. The Morgan fingerprint density at radius 2 is 1.42 bits per heavy atom. The number of methoxy groups -OCH3 is 1. The van der Waals surface area contributed by atoms with Crippen LogP contribution in [0.1, 0.15) is 84.5 Å². The molecule has 0 aromatic heterocycles. The molecule has 0 bridgehead atoms. The van der Waals surface area contributed by atoms with Crippen molar-refractivity contribution in [2.24, 2.45) is 17.8 Å². The summed E-state index contributed by atoms with van der Waals surface area (Å²) in [5.74, 6) is 2.09. The van der Waals surface area contributed by atoms with Gasteiger partial charge < -0.3 is 9.16 Å². The van der Waals surface area contributed by atoms with Crippen LogP contribution in [0.4, 0.5) is 0 Å². The van der Waals surface area contributed by atoms with Gasteiger partial charge in [0.15, 0.2) is 0 Å². The van der Waals surface area contributed by atoms with Gasteiger partial charge in [0, 0.05) is 19.6 Å². The zero-order valence-electron chi connectivity index (χ0n) is 16.3. The summed E-state index contributed by atoms with van der Waals surface area (Å²) in [6.45, 7) is 5.72. The van der Waals surface area contributed by atoms with Crippen molar-refractivity contribution in [3.05, 3.63) is 0 Å².